The number of hydrogen-bond acceptors (Lipinski definition) is 2. The molecule has 0 spiro atoms. The fourth-order valence-corrected chi connectivity index (χ4v) is 2.24. The Morgan fingerprint density at radius 3 is 2.50 bits per heavy atom. The van der Waals surface area contributed by atoms with Crippen molar-refractivity contribution in [2.75, 3.05) is 0 Å². The topological polar surface area (TPSA) is 74.6 Å². The van der Waals surface area contributed by atoms with Crippen LogP contribution in [0.25, 0.3) is 0 Å². The van der Waals surface area contributed by atoms with Crippen LogP contribution in [-0.4, -0.2) is 22.2 Å². The van der Waals surface area contributed by atoms with Crippen LogP contribution in [-0.2, 0) is 9.59 Å². The second kappa shape index (κ2) is 3.98. The first-order valence-corrected chi connectivity index (χ1v) is 4.98. The Kier molecular flexibility index (Phi) is 3.13. The average molecular weight is 200 g/mol. The molecule has 0 aliphatic heterocycles. The average Bonchev–Trinajstić information content (AvgIpc) is 2.17. The van der Waals surface area contributed by atoms with E-state index in [0.717, 1.165) is 0 Å². The minimum absolute atomic E-state index is 0.286. The number of aliphatic carboxylic acids is 2. The van der Waals surface area contributed by atoms with Crippen LogP contribution in [0.4, 0.5) is 0 Å². The van der Waals surface area contributed by atoms with E-state index in [1.54, 1.807) is 0 Å². The molecule has 2 N–H and O–H groups in total. The van der Waals surface area contributed by atoms with E-state index in [9.17, 15) is 9.59 Å². The van der Waals surface area contributed by atoms with E-state index in [2.05, 4.69) is 0 Å². The predicted octanol–water partition coefficient (Wildman–Crippen LogP) is 1.74. The summed E-state index contributed by atoms with van der Waals surface area (Å²) in [7, 11) is 0. The normalized spacial score (nSPS) is 32.5. The van der Waals surface area contributed by atoms with E-state index in [0.29, 0.717) is 25.7 Å². The van der Waals surface area contributed by atoms with Crippen molar-refractivity contribution >= 4 is 11.9 Å². The Hall–Kier alpha value is -1.06. The van der Waals surface area contributed by atoms with E-state index < -0.39 is 23.3 Å². The maximum Gasteiger partial charge on any atom is 0.309 e. The summed E-state index contributed by atoms with van der Waals surface area (Å²) < 4.78 is 0. The molecule has 14 heavy (non-hydrogen) atoms. The summed E-state index contributed by atoms with van der Waals surface area (Å²) in [5, 5.41) is 18.0. The molecule has 4 heteroatoms. The number of rotatable bonds is 3. The fourth-order valence-electron chi connectivity index (χ4n) is 2.24. The van der Waals surface area contributed by atoms with Gasteiger partial charge < -0.3 is 10.2 Å². The molecule has 0 amide bonds. The van der Waals surface area contributed by atoms with Gasteiger partial charge in [0.15, 0.2) is 0 Å². The molecule has 0 radical (unpaired) electrons. The highest BCUT2D eigenvalue weighted by molar-refractivity contribution is 5.77. The Morgan fingerprint density at radius 1 is 1.43 bits per heavy atom. The first-order valence-electron chi connectivity index (χ1n) is 4.98. The Labute approximate surface area is 82.9 Å². The van der Waals surface area contributed by atoms with Gasteiger partial charge in [-0.3, -0.25) is 9.59 Å². The van der Waals surface area contributed by atoms with Crippen molar-refractivity contribution in [1.29, 1.82) is 0 Å². The van der Waals surface area contributed by atoms with Gasteiger partial charge in [0.1, 0.15) is 0 Å². The highest BCUT2D eigenvalue weighted by Crippen LogP contribution is 2.42. The summed E-state index contributed by atoms with van der Waals surface area (Å²) in [6.45, 7) is 1.82. The van der Waals surface area contributed by atoms with Gasteiger partial charge in [0, 0.05) is 0 Å². The standard InChI is InChI=1S/C10H16O4/c1-2-10(9(13)14)5-3-4-7(6-10)8(11)12/h7H,2-6H2,1H3,(H,11,12)(H,13,14)/t7-,10?/m1/s1. The van der Waals surface area contributed by atoms with Crippen molar-refractivity contribution in [2.24, 2.45) is 11.3 Å². The summed E-state index contributed by atoms with van der Waals surface area (Å²) in [6, 6.07) is 0. The van der Waals surface area contributed by atoms with E-state index >= 15 is 0 Å². The predicted molar refractivity (Wildman–Crippen MR) is 50.0 cm³/mol. The molecule has 0 aromatic heterocycles. The number of carboxylic acid groups (broad SMARTS) is 2. The van der Waals surface area contributed by atoms with Crippen molar-refractivity contribution < 1.29 is 19.8 Å². The zero-order chi connectivity index (χ0) is 10.8. The lowest BCUT2D eigenvalue weighted by atomic mass is 9.68. The van der Waals surface area contributed by atoms with Crippen LogP contribution < -0.4 is 0 Å². The van der Waals surface area contributed by atoms with Crippen molar-refractivity contribution in [3.05, 3.63) is 0 Å². The Balaban J connectivity index is 2.79. The van der Waals surface area contributed by atoms with Crippen LogP contribution in [0, 0.1) is 11.3 Å². The molecule has 1 unspecified atom stereocenters. The molecule has 1 fully saturated rings. The van der Waals surface area contributed by atoms with Gasteiger partial charge in [0.2, 0.25) is 0 Å². The fraction of sp³-hybridized carbons (Fsp3) is 0.800. The quantitative estimate of drug-likeness (QED) is 0.727. The third-order valence-corrected chi connectivity index (χ3v) is 3.32. The number of carbonyl (C=O) groups is 2. The van der Waals surface area contributed by atoms with Crippen LogP contribution >= 0.6 is 0 Å². The SMILES string of the molecule is CCC1(C(=O)O)CCC[C@@H](C(=O)O)C1. The van der Waals surface area contributed by atoms with E-state index in [1.165, 1.54) is 0 Å². The highest BCUT2D eigenvalue weighted by atomic mass is 16.4. The van der Waals surface area contributed by atoms with E-state index in [1.807, 2.05) is 6.92 Å². The lowest BCUT2D eigenvalue weighted by Crippen LogP contribution is -2.38. The molecular formula is C10H16O4. The van der Waals surface area contributed by atoms with Crippen LogP contribution in [0.5, 0.6) is 0 Å². The first kappa shape index (κ1) is 11.0. The molecule has 1 saturated carbocycles. The lowest BCUT2D eigenvalue weighted by molar-refractivity contribution is -0.156. The number of carboxylic acids is 2. The highest BCUT2D eigenvalue weighted by Gasteiger charge is 2.43. The summed E-state index contributed by atoms with van der Waals surface area (Å²) in [6.07, 6.45) is 2.74. The van der Waals surface area contributed by atoms with Crippen molar-refractivity contribution in [2.45, 2.75) is 39.0 Å². The zero-order valence-electron chi connectivity index (χ0n) is 8.32. The molecule has 0 heterocycles. The molecule has 1 aliphatic carbocycles. The summed E-state index contributed by atoms with van der Waals surface area (Å²) in [5.41, 5.74) is -0.790. The molecule has 0 aromatic carbocycles. The minimum Gasteiger partial charge on any atom is -0.481 e. The van der Waals surface area contributed by atoms with Crippen LogP contribution in [0.1, 0.15) is 39.0 Å². The minimum atomic E-state index is -0.858. The number of hydrogen-bond donors (Lipinski definition) is 2. The maximum atomic E-state index is 11.1. The maximum absolute atomic E-state index is 11.1. The summed E-state index contributed by atoms with van der Waals surface area (Å²) in [4.78, 5) is 21.9. The van der Waals surface area contributed by atoms with Crippen LogP contribution in [0.2, 0.25) is 0 Å². The third kappa shape index (κ3) is 1.89. The van der Waals surface area contributed by atoms with Gasteiger partial charge in [-0.15, -0.1) is 0 Å². The van der Waals surface area contributed by atoms with Gasteiger partial charge in [-0.25, -0.2) is 0 Å². The Bertz CT molecular complexity index is 249. The molecular weight excluding hydrogens is 184 g/mol. The van der Waals surface area contributed by atoms with E-state index in [-0.39, 0.29) is 6.42 Å². The van der Waals surface area contributed by atoms with Gasteiger partial charge >= 0.3 is 11.9 Å². The molecule has 80 valence electrons. The van der Waals surface area contributed by atoms with Crippen molar-refractivity contribution in [1.82, 2.24) is 0 Å². The Morgan fingerprint density at radius 2 is 2.07 bits per heavy atom. The monoisotopic (exact) mass is 200 g/mol. The second-order valence-electron chi connectivity index (χ2n) is 4.07. The van der Waals surface area contributed by atoms with Gasteiger partial charge in [0.05, 0.1) is 11.3 Å². The van der Waals surface area contributed by atoms with Crippen molar-refractivity contribution in [3.8, 4) is 0 Å². The van der Waals surface area contributed by atoms with Gasteiger partial charge in [-0.2, -0.15) is 0 Å². The zero-order valence-corrected chi connectivity index (χ0v) is 8.32. The molecule has 0 bridgehead atoms. The molecule has 0 saturated heterocycles. The van der Waals surface area contributed by atoms with Gasteiger partial charge in [-0.1, -0.05) is 13.3 Å². The van der Waals surface area contributed by atoms with Crippen LogP contribution in [0.15, 0.2) is 0 Å². The van der Waals surface area contributed by atoms with Crippen LogP contribution in [0.3, 0.4) is 0 Å². The van der Waals surface area contributed by atoms with Gasteiger partial charge in [-0.05, 0) is 25.7 Å². The first-order chi connectivity index (χ1) is 6.52. The largest absolute Gasteiger partial charge is 0.481 e. The summed E-state index contributed by atoms with van der Waals surface area (Å²) in [5.74, 6) is -2.17. The molecule has 1 rings (SSSR count). The lowest BCUT2D eigenvalue weighted by Gasteiger charge is -2.35. The smallest absolute Gasteiger partial charge is 0.309 e. The summed E-state index contributed by atoms with van der Waals surface area (Å²) >= 11 is 0. The van der Waals surface area contributed by atoms with E-state index in [4.69, 9.17) is 10.2 Å². The molecule has 0 aromatic rings. The van der Waals surface area contributed by atoms with Gasteiger partial charge in [0.25, 0.3) is 0 Å². The molecule has 4 nitrogen and oxygen atoms in total. The molecule has 2 atom stereocenters. The molecule has 1 aliphatic rings. The second-order valence-corrected chi connectivity index (χ2v) is 4.07. The van der Waals surface area contributed by atoms with Crippen molar-refractivity contribution in [3.63, 3.8) is 0 Å². The third-order valence-electron chi connectivity index (χ3n) is 3.32.